The van der Waals surface area contributed by atoms with Crippen LogP contribution in [0.4, 0.5) is 44.3 Å². The van der Waals surface area contributed by atoms with Crippen LogP contribution >= 0.6 is 22.6 Å². The highest BCUT2D eigenvalue weighted by molar-refractivity contribution is 14.1. The molecule has 0 spiro atoms. The number of carbonyl (C=O) groups is 4. The molecule has 0 fully saturated rings. The second kappa shape index (κ2) is 20.8. The second-order valence-corrected chi connectivity index (χ2v) is 16.9. The molecule has 0 aliphatic heterocycles. The standard InChI is InChI=1S/C40H47F9IN5O7/c1-21(41)55-13-12-30(52-55)23-15-28(42)26(29(43)16-23)19-54(53-35(59)27(18-33(58)61-6)37(2,3)39(44,45)46)20-32(57)24(14-22-8-10-25(50)11-9-22)17-31(56)34(51-36(60)62-7)38(4,5)40(47,48)49/h8-13,15-16,21,24,27,32,34,57H,14,17-20H2,1-7H3,(H,51,60)(H,53,59)/t21?,24-,27-,32+,34-/m1/s1. The number of methoxy groups -OCH3 is 2. The van der Waals surface area contributed by atoms with Crippen molar-refractivity contribution < 1.29 is 73.3 Å². The van der Waals surface area contributed by atoms with Crippen molar-refractivity contribution in [3.05, 3.63) is 75.0 Å². The number of ether oxygens (including phenoxy) is 2. The monoisotopic (exact) mass is 1010 g/mol. The highest BCUT2D eigenvalue weighted by atomic mass is 127. The first-order chi connectivity index (χ1) is 28.5. The third-order valence-corrected chi connectivity index (χ3v) is 11.3. The SMILES string of the molecule is COC(=O)C[C@H](C(=O)NN(Cc1c(F)cc(-c2ccn(C(C)F)n2)cc1F)C[C@H](O)[C@@H](CC(=O)[C@@H](NC(=O)OC)C(C)(C)C(F)(F)F)Cc1ccc(I)cc1)C(C)(C)C(F)(F)F. The van der Waals surface area contributed by atoms with Crippen molar-refractivity contribution >= 4 is 46.3 Å². The smallest absolute Gasteiger partial charge is 0.407 e. The molecule has 1 aromatic heterocycles. The number of aliphatic hydroxyl groups is 1. The summed E-state index contributed by atoms with van der Waals surface area (Å²) in [5.74, 6) is -10.2. The maximum Gasteiger partial charge on any atom is 0.407 e. The molecular formula is C40H47F9IN5O7. The number of benzene rings is 2. The summed E-state index contributed by atoms with van der Waals surface area (Å²) in [5, 5.41) is 18.3. The summed E-state index contributed by atoms with van der Waals surface area (Å²) in [6.45, 7) is 1.78. The lowest BCUT2D eigenvalue weighted by Gasteiger charge is -2.37. The number of hydrogen-bond acceptors (Lipinski definition) is 9. The fourth-order valence-electron chi connectivity index (χ4n) is 6.31. The zero-order chi connectivity index (χ0) is 47.1. The predicted octanol–water partition coefficient (Wildman–Crippen LogP) is 8.01. The normalized spacial score (nSPS) is 15.0. The highest BCUT2D eigenvalue weighted by Crippen LogP contribution is 2.45. The molecule has 0 bridgehead atoms. The highest BCUT2D eigenvalue weighted by Gasteiger charge is 2.57. The van der Waals surface area contributed by atoms with Crippen LogP contribution in [-0.4, -0.2) is 88.9 Å². The number of carbonyl (C=O) groups excluding carboxylic acids is 4. The second-order valence-electron chi connectivity index (χ2n) is 15.7. The van der Waals surface area contributed by atoms with Gasteiger partial charge in [-0.05, 0) is 91.6 Å². The number of nitrogens with one attached hydrogen (secondary N) is 2. The molecule has 0 radical (unpaired) electrons. The molecule has 344 valence electrons. The summed E-state index contributed by atoms with van der Waals surface area (Å²) in [6, 6.07) is 7.06. The Morgan fingerprint density at radius 2 is 1.45 bits per heavy atom. The van der Waals surface area contributed by atoms with E-state index in [0.29, 0.717) is 38.3 Å². The van der Waals surface area contributed by atoms with E-state index in [1.165, 1.54) is 12.3 Å². The zero-order valence-electron chi connectivity index (χ0n) is 34.6. The van der Waals surface area contributed by atoms with Gasteiger partial charge in [0.05, 0.1) is 49.2 Å². The van der Waals surface area contributed by atoms with Crippen LogP contribution in [0.25, 0.3) is 11.3 Å². The molecule has 3 N–H and O–H groups in total. The fourth-order valence-corrected chi connectivity index (χ4v) is 6.67. The molecule has 62 heavy (non-hydrogen) atoms. The van der Waals surface area contributed by atoms with Crippen molar-refractivity contribution in [3.63, 3.8) is 0 Å². The predicted molar refractivity (Wildman–Crippen MR) is 213 cm³/mol. The van der Waals surface area contributed by atoms with Gasteiger partial charge in [0.2, 0.25) is 5.91 Å². The molecule has 0 saturated heterocycles. The molecule has 5 atom stereocenters. The summed E-state index contributed by atoms with van der Waals surface area (Å²) in [7, 11) is 1.73. The lowest BCUT2D eigenvalue weighted by molar-refractivity contribution is -0.231. The molecule has 0 saturated carbocycles. The van der Waals surface area contributed by atoms with E-state index < -0.39 is 120 Å². The number of Topliss-reactive ketones (excluding diaryl/α,β-unsaturated/α-hetero) is 1. The number of aromatic nitrogens is 2. The van der Waals surface area contributed by atoms with Gasteiger partial charge >= 0.3 is 24.4 Å². The van der Waals surface area contributed by atoms with Gasteiger partial charge in [0.25, 0.3) is 0 Å². The van der Waals surface area contributed by atoms with Gasteiger partial charge in [-0.25, -0.2) is 27.7 Å². The van der Waals surface area contributed by atoms with Crippen LogP contribution in [0.1, 0.15) is 64.9 Å². The molecule has 2 aromatic carbocycles. The minimum atomic E-state index is -5.10. The Hall–Kier alpha value is -4.45. The molecular weight excluding hydrogens is 960 g/mol. The molecule has 1 unspecified atom stereocenters. The van der Waals surface area contributed by atoms with Crippen LogP contribution in [0.5, 0.6) is 0 Å². The van der Waals surface area contributed by atoms with E-state index >= 15 is 8.78 Å². The Kier molecular flexibility index (Phi) is 17.4. The van der Waals surface area contributed by atoms with Crippen molar-refractivity contribution in [2.75, 3.05) is 20.8 Å². The number of amides is 2. The first-order valence-electron chi connectivity index (χ1n) is 18.8. The van der Waals surface area contributed by atoms with Gasteiger partial charge in [0.15, 0.2) is 12.1 Å². The first kappa shape index (κ1) is 51.9. The number of hydrazine groups is 1. The van der Waals surface area contributed by atoms with Crippen LogP contribution in [0, 0.1) is 37.9 Å². The molecule has 22 heteroatoms. The van der Waals surface area contributed by atoms with Gasteiger partial charge in [-0.2, -0.15) is 31.4 Å². The van der Waals surface area contributed by atoms with E-state index in [1.807, 2.05) is 27.9 Å². The van der Waals surface area contributed by atoms with Gasteiger partial charge < -0.3 is 19.9 Å². The zero-order valence-corrected chi connectivity index (χ0v) is 36.7. The van der Waals surface area contributed by atoms with E-state index in [0.717, 1.165) is 41.5 Å². The van der Waals surface area contributed by atoms with Crippen molar-refractivity contribution in [3.8, 4) is 11.3 Å². The van der Waals surface area contributed by atoms with Crippen molar-refractivity contribution in [2.45, 2.75) is 91.2 Å². The van der Waals surface area contributed by atoms with Crippen molar-refractivity contribution in [2.24, 2.45) is 22.7 Å². The van der Waals surface area contributed by atoms with Crippen molar-refractivity contribution in [1.82, 2.24) is 25.5 Å². The minimum absolute atomic E-state index is 0.0451. The number of ketones is 1. The number of nitrogens with zero attached hydrogens (tertiary/aromatic N) is 3. The van der Waals surface area contributed by atoms with E-state index in [9.17, 15) is 55.0 Å². The number of esters is 1. The third kappa shape index (κ3) is 13.0. The molecule has 3 rings (SSSR count). The number of halogens is 10. The van der Waals surface area contributed by atoms with E-state index in [1.54, 1.807) is 24.3 Å². The summed E-state index contributed by atoms with van der Waals surface area (Å²) in [5.41, 5.74) is -4.27. The number of aliphatic hydroxyl groups excluding tert-OH is 1. The Morgan fingerprint density at radius 1 is 0.887 bits per heavy atom. The average molecular weight is 1010 g/mol. The van der Waals surface area contributed by atoms with Gasteiger partial charge in [-0.15, -0.1) is 0 Å². The van der Waals surface area contributed by atoms with Crippen LogP contribution in [0.2, 0.25) is 0 Å². The number of alkyl carbamates (subject to hydrolysis) is 1. The van der Waals surface area contributed by atoms with Gasteiger partial charge in [-0.1, -0.05) is 26.0 Å². The maximum absolute atomic E-state index is 15.9. The summed E-state index contributed by atoms with van der Waals surface area (Å²) in [4.78, 5) is 52.2. The average Bonchev–Trinajstić information content (AvgIpc) is 3.67. The van der Waals surface area contributed by atoms with Crippen LogP contribution in [0.15, 0.2) is 48.7 Å². The van der Waals surface area contributed by atoms with Crippen LogP contribution < -0.4 is 10.7 Å². The minimum Gasteiger partial charge on any atom is -0.469 e. The first-order valence-corrected chi connectivity index (χ1v) is 19.8. The lowest BCUT2D eigenvalue weighted by Crippen LogP contribution is -2.57. The number of rotatable bonds is 19. The van der Waals surface area contributed by atoms with E-state index in [2.05, 4.69) is 20.0 Å². The van der Waals surface area contributed by atoms with E-state index in [4.69, 9.17) is 0 Å². The number of hydrogen-bond donors (Lipinski definition) is 3. The molecule has 12 nitrogen and oxygen atoms in total. The molecule has 0 aliphatic rings. The number of alkyl halides is 7. The molecule has 0 aliphatic carbocycles. The molecule has 3 aromatic rings. The largest absolute Gasteiger partial charge is 0.469 e. The maximum atomic E-state index is 15.9. The fraction of sp³-hybridized carbons (Fsp3) is 0.525. The Balaban J connectivity index is 2.16. The van der Waals surface area contributed by atoms with Gasteiger partial charge in [-0.3, -0.25) is 19.8 Å². The van der Waals surface area contributed by atoms with Gasteiger partial charge in [0, 0.05) is 40.4 Å². The molecule has 2 amide bonds. The van der Waals surface area contributed by atoms with E-state index in [-0.39, 0.29) is 17.7 Å². The van der Waals surface area contributed by atoms with Gasteiger partial charge in [0.1, 0.15) is 17.7 Å². The third-order valence-electron chi connectivity index (χ3n) is 10.6. The summed E-state index contributed by atoms with van der Waals surface area (Å²) >= 11 is 1.99. The Morgan fingerprint density at radius 3 is 1.94 bits per heavy atom. The van der Waals surface area contributed by atoms with Crippen LogP contribution in [-0.2, 0) is 36.8 Å². The lowest BCUT2D eigenvalue weighted by atomic mass is 9.75. The van der Waals surface area contributed by atoms with Crippen LogP contribution in [0.3, 0.4) is 0 Å². The quantitative estimate of drug-likeness (QED) is 0.0470. The van der Waals surface area contributed by atoms with Crippen molar-refractivity contribution in [1.29, 1.82) is 0 Å². The molecule has 1 heterocycles. The topological polar surface area (TPSA) is 152 Å². The Labute approximate surface area is 365 Å². The summed E-state index contributed by atoms with van der Waals surface area (Å²) < 4.78 is 142. The summed E-state index contributed by atoms with van der Waals surface area (Å²) in [6.07, 6.45) is -16.1. The Bertz CT molecular complexity index is 2020.